The number of anilines is 1. The molecule has 7 nitrogen and oxygen atoms in total. The predicted molar refractivity (Wildman–Crippen MR) is 112 cm³/mol. The Bertz CT molecular complexity index is 1180. The summed E-state index contributed by atoms with van der Waals surface area (Å²) in [4.78, 5) is 36.2. The van der Waals surface area contributed by atoms with Gasteiger partial charge in [0.25, 0.3) is 5.91 Å². The second kappa shape index (κ2) is 7.84. The lowest BCUT2D eigenvalue weighted by Gasteiger charge is -2.12. The van der Waals surface area contributed by atoms with Crippen LogP contribution in [0.25, 0.3) is 22.3 Å². The molecule has 1 atom stereocenters. The van der Waals surface area contributed by atoms with E-state index in [1.807, 2.05) is 36.6 Å². The Morgan fingerprint density at radius 1 is 1.17 bits per heavy atom. The summed E-state index contributed by atoms with van der Waals surface area (Å²) < 4.78 is 5.29. The first-order valence-electron chi connectivity index (χ1n) is 8.97. The van der Waals surface area contributed by atoms with E-state index in [0.29, 0.717) is 10.7 Å². The Balaban J connectivity index is 1.39. The molecule has 0 radical (unpaired) electrons. The minimum Gasteiger partial charge on any atom is -0.449 e. The van der Waals surface area contributed by atoms with Gasteiger partial charge in [0.2, 0.25) is 0 Å². The molecule has 2 aromatic carbocycles. The van der Waals surface area contributed by atoms with Crippen LogP contribution >= 0.6 is 11.3 Å². The average Bonchev–Trinajstić information content (AvgIpc) is 3.37. The quantitative estimate of drug-likeness (QED) is 0.485. The van der Waals surface area contributed by atoms with Crippen molar-refractivity contribution in [1.82, 2.24) is 15.0 Å². The molecule has 8 heteroatoms. The smallest absolute Gasteiger partial charge is 0.338 e. The molecular weight excluding hydrogens is 388 g/mol. The zero-order valence-corrected chi connectivity index (χ0v) is 16.6. The number of H-pyrrole nitrogens is 1. The minimum atomic E-state index is -0.966. The first kappa shape index (κ1) is 18.8. The number of ether oxygens (including phenoxy) is 1. The zero-order chi connectivity index (χ0) is 20.4. The van der Waals surface area contributed by atoms with Crippen LogP contribution in [0.5, 0.6) is 0 Å². The number of carbonyl (C=O) groups excluding carboxylic acids is 2. The van der Waals surface area contributed by atoms with Crippen LogP contribution in [0.4, 0.5) is 5.13 Å². The van der Waals surface area contributed by atoms with Gasteiger partial charge < -0.3 is 9.72 Å². The second-order valence-corrected chi connectivity index (χ2v) is 7.43. The third-order valence-electron chi connectivity index (χ3n) is 4.39. The van der Waals surface area contributed by atoms with Gasteiger partial charge >= 0.3 is 5.97 Å². The molecule has 0 spiro atoms. The molecule has 29 heavy (non-hydrogen) atoms. The van der Waals surface area contributed by atoms with Gasteiger partial charge in [-0.3, -0.25) is 10.1 Å². The van der Waals surface area contributed by atoms with Gasteiger partial charge in [0.1, 0.15) is 0 Å². The summed E-state index contributed by atoms with van der Waals surface area (Å²) in [5.41, 5.74) is 4.74. The number of rotatable bonds is 5. The van der Waals surface area contributed by atoms with Crippen LogP contribution in [0.3, 0.4) is 0 Å². The normalized spacial score (nSPS) is 11.9. The number of nitrogens with zero attached hydrogens (tertiary/aromatic N) is 2. The number of amides is 1. The van der Waals surface area contributed by atoms with Gasteiger partial charge in [-0.1, -0.05) is 29.8 Å². The molecule has 1 amide bonds. The summed E-state index contributed by atoms with van der Waals surface area (Å²) in [6.07, 6.45) is 0.584. The summed E-state index contributed by atoms with van der Waals surface area (Å²) in [6, 6.07) is 13.0. The molecule has 0 saturated heterocycles. The van der Waals surface area contributed by atoms with Crippen molar-refractivity contribution < 1.29 is 14.3 Å². The Morgan fingerprint density at radius 2 is 1.97 bits per heavy atom. The van der Waals surface area contributed by atoms with Crippen molar-refractivity contribution in [2.75, 3.05) is 5.32 Å². The number of aryl methyl sites for hydroxylation is 1. The maximum absolute atomic E-state index is 12.4. The van der Waals surface area contributed by atoms with Gasteiger partial charge in [-0.25, -0.2) is 14.8 Å². The lowest BCUT2D eigenvalue weighted by atomic mass is 10.1. The van der Waals surface area contributed by atoms with E-state index in [1.54, 1.807) is 24.5 Å². The third kappa shape index (κ3) is 4.17. The maximum Gasteiger partial charge on any atom is 0.338 e. The Hall–Kier alpha value is -3.52. The Kier molecular flexibility index (Phi) is 5.09. The van der Waals surface area contributed by atoms with E-state index < -0.39 is 18.0 Å². The van der Waals surface area contributed by atoms with Gasteiger partial charge in [-0.15, -0.1) is 11.3 Å². The molecule has 0 aliphatic heterocycles. The lowest BCUT2D eigenvalue weighted by molar-refractivity contribution is -0.123. The molecule has 0 saturated carbocycles. The van der Waals surface area contributed by atoms with Gasteiger partial charge in [-0.2, -0.15) is 0 Å². The highest BCUT2D eigenvalue weighted by atomic mass is 32.1. The van der Waals surface area contributed by atoms with Crippen molar-refractivity contribution in [2.24, 2.45) is 0 Å². The van der Waals surface area contributed by atoms with Crippen LogP contribution in [0.2, 0.25) is 0 Å². The predicted octanol–water partition coefficient (Wildman–Crippen LogP) is 4.18. The lowest BCUT2D eigenvalue weighted by Crippen LogP contribution is -2.29. The van der Waals surface area contributed by atoms with Crippen molar-refractivity contribution in [2.45, 2.75) is 20.0 Å². The molecule has 1 unspecified atom stereocenters. The van der Waals surface area contributed by atoms with E-state index in [1.165, 1.54) is 23.8 Å². The topological polar surface area (TPSA) is 97.0 Å². The number of benzene rings is 2. The number of imidazole rings is 1. The van der Waals surface area contributed by atoms with Crippen LogP contribution < -0.4 is 5.32 Å². The van der Waals surface area contributed by atoms with Crippen LogP contribution in [-0.4, -0.2) is 32.9 Å². The number of fused-ring (bicyclic) bond motifs is 1. The van der Waals surface area contributed by atoms with Crippen LogP contribution in [0.15, 0.2) is 54.2 Å². The van der Waals surface area contributed by atoms with Crippen molar-refractivity contribution in [1.29, 1.82) is 0 Å². The number of thiazole rings is 1. The fraction of sp³-hybridized carbons (Fsp3) is 0.143. The number of hydrogen-bond donors (Lipinski definition) is 2. The molecule has 146 valence electrons. The SMILES string of the molecule is Cc1ccc(-c2csc(NC(=O)C(C)OC(=O)c3ccc4nc[nH]c4c3)n2)cc1. The molecule has 0 aliphatic rings. The number of aromatic amines is 1. The standard InChI is InChI=1S/C21H18N4O3S/c1-12-3-5-14(6-4-12)18-10-29-21(24-18)25-19(26)13(2)28-20(27)15-7-8-16-17(9-15)23-11-22-16/h3-11,13H,1-2H3,(H,22,23)(H,24,25,26). The van der Waals surface area contributed by atoms with Gasteiger partial charge in [-0.05, 0) is 32.0 Å². The molecule has 4 aromatic rings. The molecule has 2 aromatic heterocycles. The summed E-state index contributed by atoms with van der Waals surface area (Å²) in [6.45, 7) is 3.54. The highest BCUT2D eigenvalue weighted by Crippen LogP contribution is 2.25. The molecule has 0 fully saturated rings. The van der Waals surface area contributed by atoms with E-state index in [-0.39, 0.29) is 0 Å². The van der Waals surface area contributed by atoms with Gasteiger partial charge in [0.15, 0.2) is 11.2 Å². The summed E-state index contributed by atoms with van der Waals surface area (Å²) in [7, 11) is 0. The second-order valence-electron chi connectivity index (χ2n) is 6.58. The molecule has 0 aliphatic carbocycles. The van der Waals surface area contributed by atoms with Gasteiger partial charge in [0.05, 0.1) is 28.6 Å². The van der Waals surface area contributed by atoms with Crippen molar-refractivity contribution >= 4 is 39.4 Å². The number of hydrogen-bond acceptors (Lipinski definition) is 6. The fourth-order valence-corrected chi connectivity index (χ4v) is 3.46. The monoisotopic (exact) mass is 406 g/mol. The molecule has 2 heterocycles. The summed E-state index contributed by atoms with van der Waals surface area (Å²) in [5.74, 6) is -1.02. The van der Waals surface area contributed by atoms with Crippen molar-refractivity contribution in [3.05, 3.63) is 65.3 Å². The first-order chi connectivity index (χ1) is 14.0. The van der Waals surface area contributed by atoms with E-state index >= 15 is 0 Å². The van der Waals surface area contributed by atoms with Crippen molar-refractivity contribution in [3.8, 4) is 11.3 Å². The first-order valence-corrected chi connectivity index (χ1v) is 9.85. The van der Waals surface area contributed by atoms with E-state index in [2.05, 4.69) is 20.3 Å². The van der Waals surface area contributed by atoms with E-state index in [9.17, 15) is 9.59 Å². The zero-order valence-electron chi connectivity index (χ0n) is 15.8. The molecule has 2 N–H and O–H groups in total. The molecule has 0 bridgehead atoms. The third-order valence-corrected chi connectivity index (χ3v) is 5.15. The number of esters is 1. The van der Waals surface area contributed by atoms with Crippen molar-refractivity contribution in [3.63, 3.8) is 0 Å². The molecular formula is C21H18N4O3S. The maximum atomic E-state index is 12.4. The van der Waals surface area contributed by atoms with Crippen LogP contribution in [0, 0.1) is 6.92 Å². The molecule has 4 rings (SSSR count). The van der Waals surface area contributed by atoms with E-state index in [0.717, 1.165) is 22.3 Å². The number of carbonyl (C=O) groups is 2. The summed E-state index contributed by atoms with van der Waals surface area (Å²) >= 11 is 1.32. The van der Waals surface area contributed by atoms with E-state index in [4.69, 9.17) is 4.74 Å². The number of aromatic nitrogens is 3. The van der Waals surface area contributed by atoms with Gasteiger partial charge in [0, 0.05) is 10.9 Å². The van der Waals surface area contributed by atoms with Crippen LogP contribution in [0.1, 0.15) is 22.8 Å². The highest BCUT2D eigenvalue weighted by Gasteiger charge is 2.20. The highest BCUT2D eigenvalue weighted by molar-refractivity contribution is 7.14. The fourth-order valence-electron chi connectivity index (χ4n) is 2.74. The minimum absolute atomic E-state index is 0.345. The average molecular weight is 406 g/mol. The Morgan fingerprint density at radius 3 is 2.76 bits per heavy atom. The van der Waals surface area contributed by atoms with Crippen LogP contribution in [-0.2, 0) is 9.53 Å². The number of nitrogens with one attached hydrogen (secondary N) is 2. The summed E-state index contributed by atoms with van der Waals surface area (Å²) in [5, 5.41) is 5.02. The largest absolute Gasteiger partial charge is 0.449 e. The Labute approximate surface area is 170 Å².